The number of hydrogen-bond donors (Lipinski definition) is 1. The van der Waals surface area contributed by atoms with E-state index in [1.807, 2.05) is 55.5 Å². The highest BCUT2D eigenvalue weighted by atomic mass is 35.5. The third-order valence-electron chi connectivity index (χ3n) is 5.72. The molecule has 1 atom stereocenters. The minimum Gasteiger partial charge on any atom is -0.452 e. The van der Waals surface area contributed by atoms with E-state index in [4.69, 9.17) is 16.3 Å². The van der Waals surface area contributed by atoms with Crippen molar-refractivity contribution < 1.29 is 14.3 Å². The molecule has 6 nitrogen and oxygen atoms in total. The average molecular weight is 464 g/mol. The second-order valence-electron chi connectivity index (χ2n) is 8.09. The van der Waals surface area contributed by atoms with E-state index in [1.54, 1.807) is 10.8 Å². The van der Waals surface area contributed by atoms with Gasteiger partial charge in [-0.05, 0) is 49.0 Å². The molecule has 1 aliphatic carbocycles. The maximum atomic E-state index is 12.3. The summed E-state index contributed by atoms with van der Waals surface area (Å²) in [6, 6.07) is 17.9. The zero-order chi connectivity index (χ0) is 23.2. The van der Waals surface area contributed by atoms with Gasteiger partial charge in [0.2, 0.25) is 0 Å². The number of fused-ring (bicyclic) bond motifs is 1. The number of aryl methyl sites for hydroxylation is 2. The van der Waals surface area contributed by atoms with Gasteiger partial charge in [-0.1, -0.05) is 66.2 Å². The van der Waals surface area contributed by atoms with Gasteiger partial charge in [-0.25, -0.2) is 9.48 Å². The maximum absolute atomic E-state index is 12.3. The molecule has 0 fully saturated rings. The van der Waals surface area contributed by atoms with Crippen LogP contribution in [0.4, 0.5) is 0 Å². The SMILES string of the molecule is Cc1nn(Cc2ccccc2)c(Cl)c1/C=C/C(=O)OCC(=O)NC1CCCc2ccccc21. The predicted molar refractivity (Wildman–Crippen MR) is 128 cm³/mol. The number of aromatic nitrogens is 2. The summed E-state index contributed by atoms with van der Waals surface area (Å²) in [6.07, 6.45) is 5.76. The number of nitrogens with one attached hydrogen (secondary N) is 1. The van der Waals surface area contributed by atoms with E-state index < -0.39 is 5.97 Å². The van der Waals surface area contributed by atoms with Crippen molar-refractivity contribution in [1.82, 2.24) is 15.1 Å². The standard InChI is InChI=1S/C26H26ClN3O3/c1-18-21(26(27)30(29-18)16-19-8-3-2-4-9-19)14-15-25(32)33-17-24(31)28-23-13-7-11-20-10-5-6-12-22(20)23/h2-6,8-10,12,14-15,23H,7,11,13,16-17H2,1H3,(H,28,31)/b15-14+. The number of esters is 1. The van der Waals surface area contributed by atoms with E-state index in [1.165, 1.54) is 11.6 Å². The largest absolute Gasteiger partial charge is 0.452 e. The fourth-order valence-corrected chi connectivity index (χ4v) is 4.39. The molecule has 1 heterocycles. The Morgan fingerprint density at radius 1 is 1.18 bits per heavy atom. The van der Waals surface area contributed by atoms with Gasteiger partial charge in [0, 0.05) is 11.6 Å². The summed E-state index contributed by atoms with van der Waals surface area (Å²) < 4.78 is 6.82. The topological polar surface area (TPSA) is 73.2 Å². The number of amides is 1. The fraction of sp³-hybridized carbons (Fsp3) is 0.269. The van der Waals surface area contributed by atoms with Crippen LogP contribution >= 0.6 is 11.6 Å². The predicted octanol–water partition coefficient (Wildman–Crippen LogP) is 4.64. The van der Waals surface area contributed by atoms with E-state index in [2.05, 4.69) is 16.5 Å². The zero-order valence-corrected chi connectivity index (χ0v) is 19.2. The van der Waals surface area contributed by atoms with Gasteiger partial charge in [-0.15, -0.1) is 0 Å². The molecule has 0 radical (unpaired) electrons. The number of benzene rings is 2. The highest BCUT2D eigenvalue weighted by Crippen LogP contribution is 2.29. The molecule has 1 unspecified atom stereocenters. The Hall–Kier alpha value is -3.38. The molecule has 4 rings (SSSR count). The van der Waals surface area contributed by atoms with Gasteiger partial charge in [-0.2, -0.15) is 5.10 Å². The normalized spacial score (nSPS) is 15.3. The smallest absolute Gasteiger partial charge is 0.331 e. The molecule has 3 aromatic rings. The molecule has 0 saturated carbocycles. The van der Waals surface area contributed by atoms with Crippen LogP contribution < -0.4 is 5.32 Å². The summed E-state index contributed by atoms with van der Waals surface area (Å²) in [5, 5.41) is 7.87. The minimum atomic E-state index is -0.611. The van der Waals surface area contributed by atoms with E-state index in [-0.39, 0.29) is 18.6 Å². The lowest BCUT2D eigenvalue weighted by molar-refractivity contribution is -0.144. The molecule has 1 amide bonds. The Morgan fingerprint density at radius 3 is 2.76 bits per heavy atom. The molecule has 1 aromatic heterocycles. The first kappa shape index (κ1) is 22.8. The third kappa shape index (κ3) is 5.71. The van der Waals surface area contributed by atoms with Crippen molar-refractivity contribution >= 4 is 29.6 Å². The van der Waals surface area contributed by atoms with Crippen molar-refractivity contribution in [2.24, 2.45) is 0 Å². The lowest BCUT2D eigenvalue weighted by atomic mass is 9.88. The molecule has 170 valence electrons. The van der Waals surface area contributed by atoms with Crippen LogP contribution in [0.15, 0.2) is 60.7 Å². The number of rotatable bonds is 7. The Morgan fingerprint density at radius 2 is 1.94 bits per heavy atom. The molecule has 33 heavy (non-hydrogen) atoms. The van der Waals surface area contributed by atoms with Crippen molar-refractivity contribution in [3.05, 3.63) is 93.8 Å². The van der Waals surface area contributed by atoms with Crippen molar-refractivity contribution in [1.29, 1.82) is 0 Å². The van der Waals surface area contributed by atoms with Crippen LogP contribution in [0.1, 0.15) is 46.8 Å². The summed E-state index contributed by atoms with van der Waals surface area (Å²) in [5.41, 5.74) is 4.82. The van der Waals surface area contributed by atoms with Gasteiger partial charge < -0.3 is 10.1 Å². The van der Waals surface area contributed by atoms with Crippen molar-refractivity contribution in [3.8, 4) is 0 Å². The summed E-state index contributed by atoms with van der Waals surface area (Å²) in [6.45, 7) is 2.03. The van der Waals surface area contributed by atoms with Crippen molar-refractivity contribution in [2.75, 3.05) is 6.61 Å². The highest BCUT2D eigenvalue weighted by Gasteiger charge is 2.21. The number of carbonyl (C=O) groups is 2. The fourth-order valence-electron chi connectivity index (χ4n) is 4.09. The third-order valence-corrected chi connectivity index (χ3v) is 6.12. The molecule has 0 bridgehead atoms. The number of nitrogens with zero attached hydrogens (tertiary/aromatic N) is 2. The summed E-state index contributed by atoms with van der Waals surface area (Å²) in [7, 11) is 0. The number of carbonyl (C=O) groups excluding carboxylic acids is 2. The first-order valence-corrected chi connectivity index (χ1v) is 11.4. The molecular formula is C26H26ClN3O3. The molecule has 1 N–H and O–H groups in total. The Balaban J connectivity index is 1.31. The van der Waals surface area contributed by atoms with Gasteiger partial charge in [-0.3, -0.25) is 4.79 Å². The number of halogens is 1. The summed E-state index contributed by atoms with van der Waals surface area (Å²) >= 11 is 6.47. The van der Waals surface area contributed by atoms with Crippen molar-refractivity contribution in [2.45, 2.75) is 38.8 Å². The molecule has 1 aliphatic rings. The Labute approximate surface area is 198 Å². The van der Waals surface area contributed by atoms with E-state index in [9.17, 15) is 9.59 Å². The van der Waals surface area contributed by atoms with Gasteiger partial charge in [0.15, 0.2) is 6.61 Å². The van der Waals surface area contributed by atoms with Crippen molar-refractivity contribution in [3.63, 3.8) is 0 Å². The van der Waals surface area contributed by atoms with Gasteiger partial charge in [0.1, 0.15) is 5.15 Å². The van der Waals surface area contributed by atoms with Crippen LogP contribution in [-0.4, -0.2) is 28.3 Å². The first-order chi connectivity index (χ1) is 16.0. The monoisotopic (exact) mass is 463 g/mol. The highest BCUT2D eigenvalue weighted by molar-refractivity contribution is 6.31. The Bertz CT molecular complexity index is 1170. The van der Waals surface area contributed by atoms with Gasteiger partial charge in [0.05, 0.1) is 18.3 Å². The van der Waals surface area contributed by atoms with E-state index in [0.29, 0.717) is 23.0 Å². The quantitative estimate of drug-likeness (QED) is 0.409. The molecule has 0 aliphatic heterocycles. The molecular weight excluding hydrogens is 438 g/mol. The Kier molecular flexibility index (Phi) is 7.25. The lowest BCUT2D eigenvalue weighted by Crippen LogP contribution is -2.34. The molecule has 0 spiro atoms. The molecule has 2 aromatic carbocycles. The molecule has 7 heteroatoms. The summed E-state index contributed by atoms with van der Waals surface area (Å²) in [4.78, 5) is 24.5. The first-order valence-electron chi connectivity index (χ1n) is 11.0. The van der Waals surface area contributed by atoms with Gasteiger partial charge in [0.25, 0.3) is 5.91 Å². The number of hydrogen-bond acceptors (Lipinski definition) is 4. The van der Waals surface area contributed by atoms with E-state index >= 15 is 0 Å². The number of ether oxygens (including phenoxy) is 1. The van der Waals surface area contributed by atoms with Crippen LogP contribution in [0.25, 0.3) is 6.08 Å². The maximum Gasteiger partial charge on any atom is 0.331 e. The average Bonchev–Trinajstić information content (AvgIpc) is 3.09. The second-order valence-corrected chi connectivity index (χ2v) is 8.44. The second kappa shape index (κ2) is 10.5. The van der Waals surface area contributed by atoms with Crippen LogP contribution in [0.3, 0.4) is 0 Å². The van der Waals surface area contributed by atoms with Crippen LogP contribution in [0.2, 0.25) is 5.15 Å². The van der Waals surface area contributed by atoms with Crippen LogP contribution in [0, 0.1) is 6.92 Å². The van der Waals surface area contributed by atoms with E-state index in [0.717, 1.165) is 30.4 Å². The van der Waals surface area contributed by atoms with Crippen LogP contribution in [0.5, 0.6) is 0 Å². The van der Waals surface area contributed by atoms with Crippen LogP contribution in [-0.2, 0) is 27.3 Å². The zero-order valence-electron chi connectivity index (χ0n) is 18.5. The molecule has 0 saturated heterocycles. The minimum absolute atomic E-state index is 0.0476. The lowest BCUT2D eigenvalue weighted by Gasteiger charge is -2.26. The van der Waals surface area contributed by atoms with Gasteiger partial charge >= 0.3 is 5.97 Å². The summed E-state index contributed by atoms with van der Waals surface area (Å²) in [5.74, 6) is -0.927.